The zero-order valence-corrected chi connectivity index (χ0v) is 14.4. The number of aryl methyl sites for hydroxylation is 1. The van der Waals surface area contributed by atoms with E-state index in [2.05, 4.69) is 38.7 Å². The maximum Gasteiger partial charge on any atom is 0.240 e. The van der Waals surface area contributed by atoms with Crippen LogP contribution >= 0.6 is 0 Å². The lowest BCUT2D eigenvalue weighted by atomic mass is 9.98. The third-order valence-corrected chi connectivity index (χ3v) is 4.47. The van der Waals surface area contributed by atoms with Crippen LogP contribution in [0.4, 0.5) is 5.69 Å². The van der Waals surface area contributed by atoms with E-state index in [0.29, 0.717) is 24.7 Å². The van der Waals surface area contributed by atoms with Gasteiger partial charge in [-0.15, -0.1) is 0 Å². The fourth-order valence-electron chi connectivity index (χ4n) is 2.97. The standard InChI is InChI=1S/C19H19N5O2/c1-12(13-4-6-16-14(9-13)5-7-17(25)22-16)21-11-18-23-19(24-26-18)15-3-2-8-20-10-15/h2-4,6,8-10,12,21H,5,7,11H2,1H3,(H,22,25). The number of amides is 1. The molecule has 7 nitrogen and oxygen atoms in total. The van der Waals surface area contributed by atoms with Gasteiger partial charge in [-0.2, -0.15) is 4.98 Å². The number of aromatic nitrogens is 3. The number of carbonyl (C=O) groups is 1. The number of nitrogens with zero attached hydrogens (tertiary/aromatic N) is 3. The molecule has 26 heavy (non-hydrogen) atoms. The Kier molecular flexibility index (Phi) is 4.45. The summed E-state index contributed by atoms with van der Waals surface area (Å²) in [6, 6.07) is 9.98. The Bertz CT molecular complexity index is 923. The monoisotopic (exact) mass is 349 g/mol. The van der Waals surface area contributed by atoms with Gasteiger partial charge in [0.05, 0.1) is 6.54 Å². The summed E-state index contributed by atoms with van der Waals surface area (Å²) < 4.78 is 5.31. The molecule has 2 aromatic heterocycles. The predicted octanol–water partition coefficient (Wildman–Crippen LogP) is 2.87. The number of nitrogens with one attached hydrogen (secondary N) is 2. The molecule has 0 saturated carbocycles. The molecule has 1 aliphatic rings. The first kappa shape index (κ1) is 16.4. The normalized spacial score (nSPS) is 14.6. The molecule has 3 heterocycles. The summed E-state index contributed by atoms with van der Waals surface area (Å²) in [6.45, 7) is 2.56. The second-order valence-electron chi connectivity index (χ2n) is 6.32. The number of carbonyl (C=O) groups excluding carboxylic acids is 1. The quantitative estimate of drug-likeness (QED) is 0.736. The highest BCUT2D eigenvalue weighted by Gasteiger charge is 2.17. The molecule has 1 amide bonds. The molecule has 0 saturated heterocycles. The number of hydrogen-bond donors (Lipinski definition) is 2. The van der Waals surface area contributed by atoms with E-state index in [0.717, 1.165) is 23.2 Å². The van der Waals surface area contributed by atoms with Crippen molar-refractivity contribution in [2.75, 3.05) is 5.32 Å². The van der Waals surface area contributed by atoms with E-state index in [-0.39, 0.29) is 11.9 Å². The Morgan fingerprint density at radius 2 is 2.23 bits per heavy atom. The van der Waals surface area contributed by atoms with Crippen molar-refractivity contribution in [1.82, 2.24) is 20.4 Å². The van der Waals surface area contributed by atoms with E-state index in [9.17, 15) is 4.79 Å². The van der Waals surface area contributed by atoms with Gasteiger partial charge in [0.25, 0.3) is 0 Å². The summed E-state index contributed by atoms with van der Waals surface area (Å²) in [6.07, 6.45) is 4.73. The molecule has 3 aromatic rings. The highest BCUT2D eigenvalue weighted by atomic mass is 16.5. The van der Waals surface area contributed by atoms with Crippen molar-refractivity contribution in [2.45, 2.75) is 32.4 Å². The molecule has 0 radical (unpaired) electrons. The minimum atomic E-state index is 0.0808. The number of pyridine rings is 1. The van der Waals surface area contributed by atoms with Crippen LogP contribution in [0.25, 0.3) is 11.4 Å². The number of rotatable bonds is 5. The molecule has 7 heteroatoms. The molecule has 1 aromatic carbocycles. The maximum atomic E-state index is 11.5. The summed E-state index contributed by atoms with van der Waals surface area (Å²) in [4.78, 5) is 19.9. The first-order valence-corrected chi connectivity index (χ1v) is 8.58. The Balaban J connectivity index is 1.41. The summed E-state index contributed by atoms with van der Waals surface area (Å²) in [5.41, 5.74) is 4.07. The molecule has 1 unspecified atom stereocenters. The van der Waals surface area contributed by atoms with Crippen molar-refractivity contribution in [1.29, 1.82) is 0 Å². The summed E-state index contributed by atoms with van der Waals surface area (Å²) >= 11 is 0. The Morgan fingerprint density at radius 1 is 1.31 bits per heavy atom. The highest BCUT2D eigenvalue weighted by molar-refractivity contribution is 5.93. The van der Waals surface area contributed by atoms with Gasteiger partial charge < -0.3 is 15.2 Å². The van der Waals surface area contributed by atoms with Crippen LogP contribution in [-0.2, 0) is 17.8 Å². The zero-order chi connectivity index (χ0) is 17.9. The smallest absolute Gasteiger partial charge is 0.240 e. The molecular weight excluding hydrogens is 330 g/mol. The molecule has 4 rings (SSSR count). The molecule has 2 N–H and O–H groups in total. The lowest BCUT2D eigenvalue weighted by Gasteiger charge is -2.20. The predicted molar refractivity (Wildman–Crippen MR) is 96.2 cm³/mol. The van der Waals surface area contributed by atoms with Gasteiger partial charge in [-0.1, -0.05) is 17.3 Å². The largest absolute Gasteiger partial charge is 0.338 e. The first-order chi connectivity index (χ1) is 12.7. The van der Waals surface area contributed by atoms with Crippen molar-refractivity contribution in [3.63, 3.8) is 0 Å². The average Bonchev–Trinajstić information content (AvgIpc) is 3.15. The van der Waals surface area contributed by atoms with Crippen molar-refractivity contribution >= 4 is 11.6 Å². The van der Waals surface area contributed by atoms with Crippen molar-refractivity contribution < 1.29 is 9.32 Å². The third-order valence-electron chi connectivity index (χ3n) is 4.47. The second-order valence-corrected chi connectivity index (χ2v) is 6.32. The minimum absolute atomic E-state index is 0.0808. The van der Waals surface area contributed by atoms with Gasteiger partial charge in [-0.25, -0.2) is 0 Å². The van der Waals surface area contributed by atoms with E-state index in [4.69, 9.17) is 4.52 Å². The van der Waals surface area contributed by atoms with Crippen molar-refractivity contribution in [2.24, 2.45) is 0 Å². The van der Waals surface area contributed by atoms with Crippen LogP contribution in [-0.4, -0.2) is 21.0 Å². The fraction of sp³-hybridized carbons (Fsp3) is 0.263. The zero-order valence-electron chi connectivity index (χ0n) is 14.4. The Labute approximate surface area is 150 Å². The molecule has 0 bridgehead atoms. The fourth-order valence-corrected chi connectivity index (χ4v) is 2.97. The molecule has 0 fully saturated rings. The number of fused-ring (bicyclic) bond motifs is 1. The summed E-state index contributed by atoms with van der Waals surface area (Å²) in [7, 11) is 0. The molecule has 0 aliphatic carbocycles. The summed E-state index contributed by atoms with van der Waals surface area (Å²) in [5, 5.41) is 10.3. The van der Waals surface area contributed by atoms with Gasteiger partial charge in [-0.05, 0) is 42.7 Å². The molecule has 132 valence electrons. The summed E-state index contributed by atoms with van der Waals surface area (Å²) in [5.74, 6) is 1.14. The number of benzene rings is 1. The van der Waals surface area contributed by atoms with Crippen LogP contribution in [0.2, 0.25) is 0 Å². The van der Waals surface area contributed by atoms with Gasteiger partial charge >= 0.3 is 0 Å². The molecular formula is C19H19N5O2. The van der Waals surface area contributed by atoms with E-state index in [1.165, 1.54) is 5.56 Å². The molecule has 0 spiro atoms. The molecule has 1 atom stereocenters. The first-order valence-electron chi connectivity index (χ1n) is 8.58. The maximum absolute atomic E-state index is 11.5. The van der Waals surface area contributed by atoms with E-state index >= 15 is 0 Å². The molecule has 1 aliphatic heterocycles. The Hall–Kier alpha value is -3.06. The Morgan fingerprint density at radius 3 is 3.08 bits per heavy atom. The van der Waals surface area contributed by atoms with Gasteiger partial charge in [0.2, 0.25) is 17.6 Å². The van der Waals surface area contributed by atoms with Crippen LogP contribution < -0.4 is 10.6 Å². The van der Waals surface area contributed by atoms with Crippen LogP contribution in [0, 0.1) is 0 Å². The number of anilines is 1. The van der Waals surface area contributed by atoms with Gasteiger partial charge in [0, 0.05) is 36.1 Å². The van der Waals surface area contributed by atoms with Crippen molar-refractivity contribution in [3.8, 4) is 11.4 Å². The van der Waals surface area contributed by atoms with E-state index in [1.54, 1.807) is 12.4 Å². The van der Waals surface area contributed by atoms with Gasteiger partial charge in [0.1, 0.15) is 0 Å². The van der Waals surface area contributed by atoms with Gasteiger partial charge in [0.15, 0.2) is 0 Å². The van der Waals surface area contributed by atoms with Crippen LogP contribution in [0.5, 0.6) is 0 Å². The lowest BCUT2D eigenvalue weighted by Crippen LogP contribution is -2.21. The lowest BCUT2D eigenvalue weighted by molar-refractivity contribution is -0.116. The van der Waals surface area contributed by atoms with Crippen LogP contribution in [0.15, 0.2) is 47.2 Å². The third kappa shape index (κ3) is 3.48. The second kappa shape index (κ2) is 7.05. The van der Waals surface area contributed by atoms with Crippen LogP contribution in [0.3, 0.4) is 0 Å². The minimum Gasteiger partial charge on any atom is -0.338 e. The average molecular weight is 349 g/mol. The van der Waals surface area contributed by atoms with Gasteiger partial charge in [-0.3, -0.25) is 9.78 Å². The number of hydrogen-bond acceptors (Lipinski definition) is 6. The van der Waals surface area contributed by atoms with Crippen molar-refractivity contribution in [3.05, 3.63) is 59.7 Å². The van der Waals surface area contributed by atoms with E-state index < -0.39 is 0 Å². The van der Waals surface area contributed by atoms with E-state index in [1.807, 2.05) is 24.3 Å². The SMILES string of the molecule is CC(NCc1nc(-c2cccnc2)no1)c1ccc2c(c1)CCC(=O)N2. The topological polar surface area (TPSA) is 92.9 Å². The van der Waals surface area contributed by atoms with Crippen LogP contribution in [0.1, 0.15) is 36.4 Å². The highest BCUT2D eigenvalue weighted by Crippen LogP contribution is 2.26.